The Bertz CT molecular complexity index is 388. The van der Waals surface area contributed by atoms with E-state index in [1.54, 1.807) is 0 Å². The maximum Gasteiger partial charge on any atom is 0.0847 e. The lowest BCUT2D eigenvalue weighted by Gasteiger charge is -2.42. The van der Waals surface area contributed by atoms with Gasteiger partial charge in [0.25, 0.3) is 0 Å². The number of methoxy groups -OCH3 is 1. The molecular formula is C15H23IN2O. The van der Waals surface area contributed by atoms with Crippen molar-refractivity contribution in [1.82, 2.24) is 5.43 Å². The summed E-state index contributed by atoms with van der Waals surface area (Å²) in [5.41, 5.74) is 4.21. The van der Waals surface area contributed by atoms with E-state index in [0.29, 0.717) is 0 Å². The number of halogens is 1. The van der Waals surface area contributed by atoms with E-state index in [0.717, 1.165) is 19.3 Å². The van der Waals surface area contributed by atoms with Gasteiger partial charge in [-0.3, -0.25) is 11.3 Å². The van der Waals surface area contributed by atoms with Crippen LogP contribution in [0.3, 0.4) is 0 Å². The quantitative estimate of drug-likeness (QED) is 0.473. The van der Waals surface area contributed by atoms with Gasteiger partial charge in [-0.2, -0.15) is 0 Å². The van der Waals surface area contributed by atoms with Crippen molar-refractivity contribution in [2.75, 3.05) is 7.11 Å². The molecule has 0 spiro atoms. The molecular weight excluding hydrogens is 351 g/mol. The van der Waals surface area contributed by atoms with E-state index in [1.165, 1.54) is 28.4 Å². The summed E-state index contributed by atoms with van der Waals surface area (Å²) in [4.78, 5) is 0. The topological polar surface area (TPSA) is 47.3 Å². The van der Waals surface area contributed by atoms with E-state index in [2.05, 4.69) is 52.3 Å². The average molecular weight is 374 g/mol. The van der Waals surface area contributed by atoms with E-state index in [4.69, 9.17) is 10.6 Å². The molecule has 0 radical (unpaired) electrons. The van der Waals surface area contributed by atoms with Crippen LogP contribution < -0.4 is 11.3 Å². The zero-order chi connectivity index (χ0) is 13.7. The number of nitrogens with one attached hydrogen (secondary N) is 1. The SMILES string of the molecule is COC1(C(Cc2ccc(I)cc2)NN)CCCCC1. The first-order valence-electron chi connectivity index (χ1n) is 6.96. The fourth-order valence-electron chi connectivity index (χ4n) is 3.10. The van der Waals surface area contributed by atoms with Gasteiger partial charge in [0.15, 0.2) is 0 Å². The molecule has 0 aliphatic heterocycles. The molecule has 0 aromatic heterocycles. The smallest absolute Gasteiger partial charge is 0.0847 e. The molecule has 1 saturated carbocycles. The molecule has 0 heterocycles. The molecule has 1 atom stereocenters. The maximum absolute atomic E-state index is 5.88. The van der Waals surface area contributed by atoms with Crippen LogP contribution in [0.25, 0.3) is 0 Å². The Morgan fingerprint density at radius 1 is 1.26 bits per heavy atom. The number of benzene rings is 1. The van der Waals surface area contributed by atoms with Crippen LogP contribution in [0.2, 0.25) is 0 Å². The fraction of sp³-hybridized carbons (Fsp3) is 0.600. The second kappa shape index (κ2) is 7.02. The van der Waals surface area contributed by atoms with Crippen molar-refractivity contribution in [2.24, 2.45) is 5.84 Å². The van der Waals surface area contributed by atoms with E-state index in [1.807, 2.05) is 7.11 Å². The monoisotopic (exact) mass is 374 g/mol. The van der Waals surface area contributed by atoms with Crippen LogP contribution in [0.4, 0.5) is 0 Å². The Hall–Kier alpha value is -0.170. The third-order valence-electron chi connectivity index (χ3n) is 4.30. The van der Waals surface area contributed by atoms with Crippen LogP contribution in [-0.2, 0) is 11.2 Å². The molecule has 0 saturated heterocycles. The highest BCUT2D eigenvalue weighted by atomic mass is 127. The number of nitrogens with two attached hydrogens (primary N) is 1. The summed E-state index contributed by atoms with van der Waals surface area (Å²) in [5, 5.41) is 0. The summed E-state index contributed by atoms with van der Waals surface area (Å²) in [7, 11) is 1.82. The molecule has 2 rings (SSSR count). The molecule has 1 aromatic carbocycles. The number of hydrazine groups is 1. The predicted octanol–water partition coefficient (Wildman–Crippen LogP) is 3.01. The molecule has 1 unspecified atom stereocenters. The van der Waals surface area contributed by atoms with Crippen molar-refractivity contribution in [3.05, 3.63) is 33.4 Å². The van der Waals surface area contributed by atoms with Gasteiger partial charge in [-0.05, 0) is 59.5 Å². The first-order chi connectivity index (χ1) is 9.20. The molecule has 1 aliphatic rings. The lowest BCUT2D eigenvalue weighted by atomic mass is 9.77. The molecule has 3 N–H and O–H groups in total. The van der Waals surface area contributed by atoms with Gasteiger partial charge in [0, 0.05) is 10.7 Å². The van der Waals surface area contributed by atoms with Crippen LogP contribution in [-0.4, -0.2) is 18.8 Å². The first-order valence-corrected chi connectivity index (χ1v) is 8.04. The van der Waals surface area contributed by atoms with E-state index < -0.39 is 0 Å². The molecule has 1 aliphatic carbocycles. The maximum atomic E-state index is 5.88. The Morgan fingerprint density at radius 2 is 1.89 bits per heavy atom. The predicted molar refractivity (Wildman–Crippen MR) is 86.8 cm³/mol. The normalized spacial score (nSPS) is 20.2. The van der Waals surface area contributed by atoms with Crippen molar-refractivity contribution in [1.29, 1.82) is 0 Å². The van der Waals surface area contributed by atoms with Crippen molar-refractivity contribution >= 4 is 22.6 Å². The highest BCUT2D eigenvalue weighted by molar-refractivity contribution is 14.1. The lowest BCUT2D eigenvalue weighted by Crippen LogP contribution is -2.56. The molecule has 4 heteroatoms. The zero-order valence-corrected chi connectivity index (χ0v) is 13.7. The fourth-order valence-corrected chi connectivity index (χ4v) is 3.46. The zero-order valence-electron chi connectivity index (χ0n) is 11.5. The third kappa shape index (κ3) is 3.68. The minimum absolute atomic E-state index is 0.101. The summed E-state index contributed by atoms with van der Waals surface area (Å²) in [6.07, 6.45) is 6.90. The van der Waals surface area contributed by atoms with Gasteiger partial charge < -0.3 is 4.74 Å². The van der Waals surface area contributed by atoms with Gasteiger partial charge in [-0.1, -0.05) is 31.4 Å². The van der Waals surface area contributed by atoms with Gasteiger partial charge in [-0.25, -0.2) is 0 Å². The standard InChI is InChI=1S/C15H23IN2O/c1-19-15(9-3-2-4-10-15)14(18-17)11-12-5-7-13(16)8-6-12/h5-8,14,18H,2-4,9-11,17H2,1H3. The molecule has 1 fully saturated rings. The van der Waals surface area contributed by atoms with Crippen LogP contribution in [0, 0.1) is 3.57 Å². The minimum atomic E-state index is -0.101. The van der Waals surface area contributed by atoms with Gasteiger partial charge in [0.05, 0.1) is 11.6 Å². The molecule has 106 valence electrons. The molecule has 0 bridgehead atoms. The van der Waals surface area contributed by atoms with E-state index in [-0.39, 0.29) is 11.6 Å². The van der Waals surface area contributed by atoms with Gasteiger partial charge in [0.1, 0.15) is 0 Å². The van der Waals surface area contributed by atoms with E-state index in [9.17, 15) is 0 Å². The molecule has 19 heavy (non-hydrogen) atoms. The Labute approximate surface area is 129 Å². The number of rotatable bonds is 5. The van der Waals surface area contributed by atoms with Gasteiger partial charge >= 0.3 is 0 Å². The summed E-state index contributed by atoms with van der Waals surface area (Å²) in [5.74, 6) is 5.81. The second-order valence-electron chi connectivity index (χ2n) is 5.38. The minimum Gasteiger partial charge on any atom is -0.377 e. The summed E-state index contributed by atoms with van der Waals surface area (Å²) in [6.45, 7) is 0. The van der Waals surface area contributed by atoms with Crippen molar-refractivity contribution in [3.63, 3.8) is 0 Å². The summed E-state index contributed by atoms with van der Waals surface area (Å²) in [6, 6.07) is 8.82. The summed E-state index contributed by atoms with van der Waals surface area (Å²) >= 11 is 2.33. The molecule has 1 aromatic rings. The molecule has 0 amide bonds. The largest absolute Gasteiger partial charge is 0.377 e. The van der Waals surface area contributed by atoms with Crippen LogP contribution in [0.1, 0.15) is 37.7 Å². The van der Waals surface area contributed by atoms with Crippen molar-refractivity contribution < 1.29 is 4.74 Å². The third-order valence-corrected chi connectivity index (χ3v) is 5.01. The van der Waals surface area contributed by atoms with Gasteiger partial charge in [0.2, 0.25) is 0 Å². The van der Waals surface area contributed by atoms with Crippen molar-refractivity contribution in [2.45, 2.75) is 50.2 Å². The second-order valence-corrected chi connectivity index (χ2v) is 6.63. The summed E-state index contributed by atoms with van der Waals surface area (Å²) < 4.78 is 7.15. The average Bonchev–Trinajstić information content (AvgIpc) is 2.47. The van der Waals surface area contributed by atoms with Crippen molar-refractivity contribution in [3.8, 4) is 0 Å². The van der Waals surface area contributed by atoms with E-state index >= 15 is 0 Å². The molecule has 3 nitrogen and oxygen atoms in total. The Morgan fingerprint density at radius 3 is 2.42 bits per heavy atom. The number of hydrogen-bond acceptors (Lipinski definition) is 3. The van der Waals surface area contributed by atoms with Crippen LogP contribution in [0.5, 0.6) is 0 Å². The Kier molecular flexibility index (Phi) is 5.62. The van der Waals surface area contributed by atoms with Crippen LogP contribution >= 0.6 is 22.6 Å². The highest BCUT2D eigenvalue weighted by Gasteiger charge is 2.39. The van der Waals surface area contributed by atoms with Gasteiger partial charge in [-0.15, -0.1) is 0 Å². The van der Waals surface area contributed by atoms with Crippen LogP contribution in [0.15, 0.2) is 24.3 Å². The highest BCUT2D eigenvalue weighted by Crippen LogP contribution is 2.35. The number of hydrogen-bond donors (Lipinski definition) is 2. The number of ether oxygens (including phenoxy) is 1. The lowest BCUT2D eigenvalue weighted by molar-refractivity contribution is -0.0673. The Balaban J connectivity index is 2.11. The first kappa shape index (κ1) is 15.2.